The smallest absolute Gasteiger partial charge is 0.490 e. The summed E-state index contributed by atoms with van der Waals surface area (Å²) in [5, 5.41) is 16.8. The van der Waals surface area contributed by atoms with Crippen LogP contribution in [0.5, 0.6) is 11.5 Å². The molecule has 0 saturated heterocycles. The number of phosphoric ester groups is 1. The number of pyridine rings is 2. The third-order valence-corrected chi connectivity index (χ3v) is 10.6. The average Bonchev–Trinajstić information content (AvgIpc) is 3.20. The second-order valence-electron chi connectivity index (χ2n) is 14.0. The molecule has 5 aromatic rings. The number of hydrogen-bond donors (Lipinski definition) is 5. The number of nitrogens with one attached hydrogen (secondary N) is 2. The van der Waals surface area contributed by atoms with Gasteiger partial charge in [-0.3, -0.25) is 19.6 Å². The molecule has 0 radical (unpaired) electrons. The molecule has 18 heteroatoms. The van der Waals surface area contributed by atoms with Crippen molar-refractivity contribution >= 4 is 53.5 Å². The first-order chi connectivity index (χ1) is 28.7. The first-order valence-electron chi connectivity index (χ1n) is 19.3. The van der Waals surface area contributed by atoms with Crippen LogP contribution in [-0.4, -0.2) is 59.2 Å². The van der Waals surface area contributed by atoms with Crippen LogP contribution in [0.2, 0.25) is 10.0 Å². The quantitative estimate of drug-likeness (QED) is 0.0258. The fourth-order valence-electron chi connectivity index (χ4n) is 6.63. The fourth-order valence-corrected chi connectivity index (χ4v) is 7.52. The summed E-state index contributed by atoms with van der Waals surface area (Å²) in [7, 11) is -4.00. The maximum absolute atomic E-state index is 14.7. The van der Waals surface area contributed by atoms with Crippen LogP contribution in [0.15, 0.2) is 85.2 Å². The van der Waals surface area contributed by atoms with Crippen LogP contribution in [0, 0.1) is 0 Å². The lowest BCUT2D eigenvalue weighted by molar-refractivity contribution is -0.682. The van der Waals surface area contributed by atoms with Crippen LogP contribution in [-0.2, 0) is 28.4 Å². The molecule has 0 bridgehead atoms. The molecule has 12 nitrogen and oxygen atoms in total. The molecule has 2 heterocycles. The second-order valence-corrected chi connectivity index (χ2v) is 15.9. The van der Waals surface area contributed by atoms with Gasteiger partial charge in [0.15, 0.2) is 12.3 Å². The van der Waals surface area contributed by atoms with E-state index in [2.05, 4.69) is 27.8 Å². The molecule has 2 aromatic heterocycles. The van der Waals surface area contributed by atoms with E-state index in [-0.39, 0.29) is 55.6 Å². The summed E-state index contributed by atoms with van der Waals surface area (Å²) in [6.07, 6.45) is 3.29. The van der Waals surface area contributed by atoms with Crippen LogP contribution in [0.1, 0.15) is 77.4 Å². The molecule has 5 N–H and O–H groups in total. The van der Waals surface area contributed by atoms with Gasteiger partial charge >= 0.3 is 14.0 Å². The highest BCUT2D eigenvalue weighted by atomic mass is 35.5. The van der Waals surface area contributed by atoms with E-state index in [1.54, 1.807) is 0 Å². The number of methoxy groups -OCH3 is 1. The highest BCUT2D eigenvalue weighted by Gasteiger charge is 2.43. The van der Waals surface area contributed by atoms with E-state index in [1.165, 1.54) is 55.4 Å². The molecule has 5 rings (SSSR count). The summed E-state index contributed by atoms with van der Waals surface area (Å²) in [5.74, 6) is -1.25. The van der Waals surface area contributed by atoms with Crippen molar-refractivity contribution in [1.29, 1.82) is 0 Å². The Bertz CT molecular complexity index is 2250. The van der Waals surface area contributed by atoms with Gasteiger partial charge in [-0.15, -0.1) is 0 Å². The number of aromatic nitrogens is 2. The molecule has 0 aliphatic rings. The van der Waals surface area contributed by atoms with Crippen LogP contribution >= 0.6 is 31.0 Å². The lowest BCUT2D eigenvalue weighted by Crippen LogP contribution is -2.44. The van der Waals surface area contributed by atoms with Gasteiger partial charge in [-0.05, 0) is 80.1 Å². The summed E-state index contributed by atoms with van der Waals surface area (Å²) < 4.78 is 73.1. The van der Waals surface area contributed by atoms with Crippen molar-refractivity contribution in [2.75, 3.05) is 38.7 Å². The van der Waals surface area contributed by atoms with E-state index < -0.39 is 44.0 Å². The molecule has 0 aliphatic heterocycles. The maximum Gasteiger partial charge on any atom is 0.524 e. The number of amides is 1. The number of aliphatic hydroxyl groups is 1. The number of unbranched alkanes of at least 4 members (excludes halogenated alkanes) is 4. The van der Waals surface area contributed by atoms with Crippen molar-refractivity contribution in [2.45, 2.75) is 63.8 Å². The summed E-state index contributed by atoms with van der Waals surface area (Å²) in [6.45, 7) is 1.48. The number of hydrogen-bond acceptors (Lipinski definition) is 8. The Kier molecular flexibility index (Phi) is 17.1. The van der Waals surface area contributed by atoms with Gasteiger partial charge in [0.1, 0.15) is 5.75 Å². The zero-order chi connectivity index (χ0) is 43.3. The predicted octanol–water partition coefficient (Wildman–Crippen LogP) is 8.85. The van der Waals surface area contributed by atoms with Crippen molar-refractivity contribution in [1.82, 2.24) is 10.3 Å². The van der Waals surface area contributed by atoms with Crippen molar-refractivity contribution in [2.24, 2.45) is 0 Å². The molecule has 0 aliphatic carbocycles. The minimum atomic E-state index is -5.24. The summed E-state index contributed by atoms with van der Waals surface area (Å²) >= 11 is 12.4. The second kappa shape index (κ2) is 22.0. The third-order valence-electron chi connectivity index (χ3n) is 9.59. The number of nitrogens with zero attached hydrogens (tertiary/aromatic N) is 2. The number of ether oxygens (including phenoxy) is 2. The van der Waals surface area contributed by atoms with Crippen LogP contribution in [0.25, 0.3) is 10.9 Å². The Morgan fingerprint density at radius 3 is 2.28 bits per heavy atom. The number of rotatable bonds is 22. The third kappa shape index (κ3) is 13.3. The van der Waals surface area contributed by atoms with Crippen molar-refractivity contribution in [3.05, 3.63) is 123 Å². The van der Waals surface area contributed by atoms with E-state index in [9.17, 15) is 37.4 Å². The van der Waals surface area contributed by atoms with Crippen LogP contribution in [0.3, 0.4) is 0 Å². The number of carbonyl (C=O) groups is 1. The number of benzene rings is 3. The normalized spacial score (nSPS) is 12.4. The van der Waals surface area contributed by atoms with Gasteiger partial charge in [-0.25, -0.2) is 4.57 Å². The standard InChI is InChI=1S/C42H46Cl2F3N4O8P/c1-57-36-18-16-32(41(53)50-39-33(43)24-49-25-34(39)44)31-17-19-38(42(45,46)47)51(40(31)36)27-30-15-14-29(23-37(30)59-60(54,55)56)35(52)26-48-20-8-2-3-9-21-58-22-10-7-13-28-11-5-4-6-12-28/h4-6,11-12,14-19,23-25,35,48,52H,2-3,7-10,13,20-22,26-27H2,1H3,(H2-,49,50,53,54,55,56)/p+1. The van der Waals surface area contributed by atoms with Crippen LogP contribution < -0.4 is 24.5 Å². The van der Waals surface area contributed by atoms with Gasteiger partial charge in [0.2, 0.25) is 0 Å². The van der Waals surface area contributed by atoms with E-state index in [4.69, 9.17) is 37.2 Å². The van der Waals surface area contributed by atoms with Crippen molar-refractivity contribution < 1.29 is 56.0 Å². The highest BCUT2D eigenvalue weighted by Crippen LogP contribution is 2.41. The molecular weight excluding hydrogens is 847 g/mol. The van der Waals surface area contributed by atoms with Gasteiger partial charge < -0.3 is 29.7 Å². The SMILES string of the molecule is COc1ccc(C(=O)Nc2c(Cl)cncc2Cl)c2ccc(C(F)(F)F)[n+](Cc3ccc(C(O)CNCCCCCCOCCCCc4ccccc4)cc3OP(=O)(O)O)c12. The largest absolute Gasteiger partial charge is 0.524 e. The summed E-state index contributed by atoms with van der Waals surface area (Å²) in [4.78, 5) is 37.0. The number of aryl methyl sites for hydroxylation is 1. The molecule has 1 amide bonds. The minimum absolute atomic E-state index is 0.0263. The molecular formula is C42H47Cl2F3N4O8P+. The number of anilines is 1. The molecule has 0 fully saturated rings. The van der Waals surface area contributed by atoms with E-state index in [1.807, 2.05) is 18.2 Å². The lowest BCUT2D eigenvalue weighted by Gasteiger charge is -2.18. The summed E-state index contributed by atoms with van der Waals surface area (Å²) in [6, 6.07) is 18.9. The Morgan fingerprint density at radius 1 is 0.900 bits per heavy atom. The molecule has 1 unspecified atom stereocenters. The lowest BCUT2D eigenvalue weighted by atomic mass is 10.0. The van der Waals surface area contributed by atoms with Gasteiger partial charge in [0.05, 0.1) is 45.5 Å². The number of fused-ring (bicyclic) bond motifs is 1. The maximum atomic E-state index is 14.7. The molecule has 3 aromatic carbocycles. The van der Waals surface area contributed by atoms with Gasteiger partial charge in [-0.2, -0.15) is 17.7 Å². The Balaban J connectivity index is 1.25. The molecule has 0 saturated carbocycles. The Hall–Kier alpha value is -4.31. The first-order valence-corrected chi connectivity index (χ1v) is 21.5. The van der Waals surface area contributed by atoms with Gasteiger partial charge in [-0.1, -0.05) is 72.4 Å². The number of carbonyl (C=O) groups excluding carboxylic acids is 1. The molecule has 322 valence electrons. The van der Waals surface area contributed by atoms with Crippen molar-refractivity contribution in [3.8, 4) is 11.5 Å². The first kappa shape index (κ1) is 46.8. The van der Waals surface area contributed by atoms with E-state index >= 15 is 0 Å². The minimum Gasteiger partial charge on any atom is -0.490 e. The number of alkyl halides is 3. The van der Waals surface area contributed by atoms with Crippen molar-refractivity contribution in [3.63, 3.8) is 0 Å². The predicted molar refractivity (Wildman–Crippen MR) is 223 cm³/mol. The van der Waals surface area contributed by atoms with Crippen LogP contribution in [0.4, 0.5) is 18.9 Å². The Labute approximate surface area is 355 Å². The van der Waals surface area contributed by atoms with E-state index in [0.717, 1.165) is 68.3 Å². The number of aliphatic hydroxyl groups excluding tert-OH is 1. The highest BCUT2D eigenvalue weighted by molar-refractivity contribution is 7.46. The number of halogens is 5. The molecule has 60 heavy (non-hydrogen) atoms. The molecule has 1 atom stereocenters. The van der Waals surface area contributed by atoms with Gasteiger partial charge in [0, 0.05) is 38.2 Å². The average molecular weight is 895 g/mol. The molecule has 0 spiro atoms. The topological polar surface area (TPSA) is 163 Å². The number of phosphoric acid groups is 1. The summed E-state index contributed by atoms with van der Waals surface area (Å²) in [5.41, 5.74) is 0.110. The monoisotopic (exact) mass is 893 g/mol. The zero-order valence-corrected chi connectivity index (χ0v) is 35.2. The zero-order valence-electron chi connectivity index (χ0n) is 32.8. The fraction of sp³-hybridized carbons (Fsp3) is 0.357. The Morgan fingerprint density at radius 2 is 1.60 bits per heavy atom. The van der Waals surface area contributed by atoms with Gasteiger partial charge in [0.25, 0.3) is 17.1 Å². The van der Waals surface area contributed by atoms with E-state index in [0.29, 0.717) is 13.2 Å².